The van der Waals surface area contributed by atoms with Gasteiger partial charge in [0, 0.05) is 18.8 Å². The maximum absolute atomic E-state index is 6.17. The lowest BCUT2D eigenvalue weighted by atomic mass is 10.2. The maximum Gasteiger partial charge on any atom is 0.163 e. The van der Waals surface area contributed by atoms with E-state index in [4.69, 9.17) is 15.2 Å². The molecule has 21 heavy (non-hydrogen) atoms. The molecule has 0 bridgehead atoms. The molecule has 0 atom stereocenters. The van der Waals surface area contributed by atoms with Gasteiger partial charge in [0.15, 0.2) is 17.3 Å². The predicted octanol–water partition coefficient (Wildman–Crippen LogP) is 2.47. The van der Waals surface area contributed by atoms with Gasteiger partial charge >= 0.3 is 0 Å². The van der Waals surface area contributed by atoms with Crippen molar-refractivity contribution in [2.24, 2.45) is 7.05 Å². The fourth-order valence-electron chi connectivity index (χ4n) is 2.42. The predicted molar refractivity (Wildman–Crippen MR) is 82.3 cm³/mol. The highest BCUT2D eigenvalue weighted by molar-refractivity contribution is 5.72. The molecule has 2 heterocycles. The summed E-state index contributed by atoms with van der Waals surface area (Å²) < 4.78 is 12.9. The van der Waals surface area contributed by atoms with Crippen LogP contribution < -0.4 is 20.5 Å². The van der Waals surface area contributed by atoms with Gasteiger partial charge in [-0.3, -0.25) is 4.68 Å². The van der Waals surface area contributed by atoms with Crippen molar-refractivity contribution in [1.82, 2.24) is 9.78 Å². The highest BCUT2D eigenvalue weighted by atomic mass is 16.6. The topological polar surface area (TPSA) is 74.3 Å². The number of rotatable bonds is 4. The number of nitrogen functional groups attached to an aromatic ring is 1. The van der Waals surface area contributed by atoms with Crippen LogP contribution in [0.2, 0.25) is 0 Å². The van der Waals surface area contributed by atoms with Gasteiger partial charge in [0.2, 0.25) is 0 Å². The number of hydrogen-bond donors (Lipinski definition) is 2. The number of anilines is 3. The zero-order chi connectivity index (χ0) is 14.8. The maximum atomic E-state index is 6.17. The van der Waals surface area contributed by atoms with Gasteiger partial charge in [0.05, 0.1) is 11.4 Å². The second kappa shape index (κ2) is 5.55. The molecule has 1 aliphatic heterocycles. The number of aryl methyl sites for hydroxylation is 2. The van der Waals surface area contributed by atoms with E-state index in [1.165, 1.54) is 0 Å². The number of nitrogens with zero attached hydrogens (tertiary/aromatic N) is 2. The van der Waals surface area contributed by atoms with Crippen molar-refractivity contribution in [3.8, 4) is 11.5 Å². The lowest BCUT2D eigenvalue weighted by Crippen LogP contribution is -2.15. The minimum atomic E-state index is 0.574. The molecule has 3 N–H and O–H groups in total. The summed E-state index contributed by atoms with van der Waals surface area (Å²) in [6, 6.07) is 5.76. The first-order valence-electron chi connectivity index (χ1n) is 7.17. The van der Waals surface area contributed by atoms with Crippen LogP contribution in [-0.2, 0) is 13.5 Å². The van der Waals surface area contributed by atoms with Crippen molar-refractivity contribution in [2.45, 2.75) is 19.8 Å². The smallest absolute Gasteiger partial charge is 0.163 e. The number of fused-ring (bicyclic) bond motifs is 1. The van der Waals surface area contributed by atoms with E-state index in [-0.39, 0.29) is 0 Å². The summed E-state index contributed by atoms with van der Waals surface area (Å²) in [5, 5.41) is 7.77. The molecule has 6 heteroatoms. The van der Waals surface area contributed by atoms with Crippen LogP contribution >= 0.6 is 0 Å². The van der Waals surface area contributed by atoms with Crippen molar-refractivity contribution in [2.75, 3.05) is 24.3 Å². The van der Waals surface area contributed by atoms with Crippen molar-refractivity contribution in [3.63, 3.8) is 0 Å². The Hall–Kier alpha value is -2.37. The zero-order valence-corrected chi connectivity index (χ0v) is 12.3. The van der Waals surface area contributed by atoms with Gasteiger partial charge in [-0.1, -0.05) is 13.3 Å². The van der Waals surface area contributed by atoms with Gasteiger partial charge in [-0.2, -0.15) is 5.10 Å². The highest BCUT2D eigenvalue weighted by Crippen LogP contribution is 2.34. The average Bonchev–Trinajstić information content (AvgIpc) is 2.75. The number of benzene rings is 1. The lowest BCUT2D eigenvalue weighted by molar-refractivity contribution is 0.171. The third-order valence-electron chi connectivity index (χ3n) is 3.45. The average molecular weight is 288 g/mol. The Kier molecular flexibility index (Phi) is 3.60. The van der Waals surface area contributed by atoms with E-state index in [0.29, 0.717) is 18.9 Å². The fraction of sp³-hybridized carbons (Fsp3) is 0.400. The fourth-order valence-corrected chi connectivity index (χ4v) is 2.42. The van der Waals surface area contributed by atoms with Crippen LogP contribution in [0.5, 0.6) is 11.5 Å². The number of nitrogens with one attached hydrogen (secondary N) is 1. The Labute approximate surface area is 123 Å². The summed E-state index contributed by atoms with van der Waals surface area (Å²) in [5.74, 6) is 2.33. The Bertz CT molecular complexity index is 651. The van der Waals surface area contributed by atoms with E-state index in [0.717, 1.165) is 41.5 Å². The first-order chi connectivity index (χ1) is 10.2. The van der Waals surface area contributed by atoms with E-state index >= 15 is 0 Å². The number of nitrogens with two attached hydrogens (primary N) is 1. The van der Waals surface area contributed by atoms with Gasteiger partial charge in [0.1, 0.15) is 13.2 Å². The molecule has 3 rings (SSSR count). The second-order valence-corrected chi connectivity index (χ2v) is 5.07. The van der Waals surface area contributed by atoms with Crippen LogP contribution in [0.4, 0.5) is 17.2 Å². The molecule has 0 aliphatic carbocycles. The molecule has 0 saturated heterocycles. The van der Waals surface area contributed by atoms with Crippen molar-refractivity contribution < 1.29 is 9.47 Å². The van der Waals surface area contributed by atoms with E-state index in [1.807, 2.05) is 25.2 Å². The largest absolute Gasteiger partial charge is 0.486 e. The van der Waals surface area contributed by atoms with Gasteiger partial charge < -0.3 is 20.5 Å². The summed E-state index contributed by atoms with van der Waals surface area (Å²) in [5.41, 5.74) is 8.71. The molecule has 1 aromatic heterocycles. The Morgan fingerprint density at radius 3 is 2.81 bits per heavy atom. The van der Waals surface area contributed by atoms with Crippen molar-refractivity contribution in [1.29, 1.82) is 0 Å². The first-order valence-corrected chi connectivity index (χ1v) is 7.17. The van der Waals surface area contributed by atoms with Crippen LogP contribution in [0.1, 0.15) is 19.0 Å². The zero-order valence-electron chi connectivity index (χ0n) is 12.3. The molecule has 0 amide bonds. The van der Waals surface area contributed by atoms with Gasteiger partial charge in [0.25, 0.3) is 0 Å². The summed E-state index contributed by atoms with van der Waals surface area (Å²) in [7, 11) is 1.88. The minimum absolute atomic E-state index is 0.574. The first kappa shape index (κ1) is 13.6. The molecule has 2 aromatic rings. The number of aromatic nitrogens is 2. The molecular weight excluding hydrogens is 268 g/mol. The Morgan fingerprint density at radius 2 is 2.05 bits per heavy atom. The van der Waals surface area contributed by atoms with Crippen LogP contribution in [0.3, 0.4) is 0 Å². The molecule has 0 spiro atoms. The molecule has 6 nitrogen and oxygen atoms in total. The third kappa shape index (κ3) is 2.61. The van der Waals surface area contributed by atoms with Crippen molar-refractivity contribution in [3.05, 3.63) is 23.9 Å². The number of hydrogen-bond acceptors (Lipinski definition) is 5. The summed E-state index contributed by atoms with van der Waals surface area (Å²) >= 11 is 0. The SMILES string of the molecule is CCCc1nn(C)c(Nc2ccc3c(c2)OCCO3)c1N. The van der Waals surface area contributed by atoms with E-state index in [2.05, 4.69) is 17.3 Å². The second-order valence-electron chi connectivity index (χ2n) is 5.07. The summed E-state index contributed by atoms with van der Waals surface area (Å²) in [6.07, 6.45) is 1.90. The molecule has 0 fully saturated rings. The summed E-state index contributed by atoms with van der Waals surface area (Å²) in [4.78, 5) is 0. The standard InChI is InChI=1S/C15H20N4O2/c1-3-4-11-14(16)15(19(2)18-11)17-10-5-6-12-13(9-10)21-8-7-20-12/h5-6,9,17H,3-4,7-8,16H2,1-2H3. The van der Waals surface area contributed by atoms with Gasteiger partial charge in [-0.15, -0.1) is 0 Å². The van der Waals surface area contributed by atoms with Crippen LogP contribution in [0, 0.1) is 0 Å². The molecule has 1 aromatic carbocycles. The Balaban J connectivity index is 1.86. The van der Waals surface area contributed by atoms with Crippen LogP contribution in [-0.4, -0.2) is 23.0 Å². The molecule has 0 saturated carbocycles. The molecular formula is C15H20N4O2. The molecule has 112 valence electrons. The van der Waals surface area contributed by atoms with Crippen molar-refractivity contribution >= 4 is 17.2 Å². The van der Waals surface area contributed by atoms with Crippen LogP contribution in [0.25, 0.3) is 0 Å². The van der Waals surface area contributed by atoms with E-state index < -0.39 is 0 Å². The Morgan fingerprint density at radius 1 is 1.29 bits per heavy atom. The monoisotopic (exact) mass is 288 g/mol. The normalized spacial score (nSPS) is 13.2. The van der Waals surface area contributed by atoms with E-state index in [1.54, 1.807) is 4.68 Å². The van der Waals surface area contributed by atoms with Gasteiger partial charge in [-0.25, -0.2) is 0 Å². The van der Waals surface area contributed by atoms with E-state index in [9.17, 15) is 0 Å². The third-order valence-corrected chi connectivity index (χ3v) is 3.45. The lowest BCUT2D eigenvalue weighted by Gasteiger charge is -2.19. The molecule has 1 aliphatic rings. The quantitative estimate of drug-likeness (QED) is 0.904. The van der Waals surface area contributed by atoms with Crippen LogP contribution in [0.15, 0.2) is 18.2 Å². The molecule has 0 radical (unpaired) electrons. The van der Waals surface area contributed by atoms with Gasteiger partial charge in [-0.05, 0) is 18.6 Å². The minimum Gasteiger partial charge on any atom is -0.486 e. The number of ether oxygens (including phenoxy) is 2. The highest BCUT2D eigenvalue weighted by Gasteiger charge is 2.15. The molecule has 0 unspecified atom stereocenters. The summed E-state index contributed by atoms with van der Waals surface area (Å²) in [6.45, 7) is 3.28.